The van der Waals surface area contributed by atoms with Crippen LogP contribution in [-0.4, -0.2) is 41.3 Å². The summed E-state index contributed by atoms with van der Waals surface area (Å²) in [6, 6.07) is 11.0. The number of carbonyl (C=O) groups is 2. The molecule has 1 aliphatic heterocycles. The van der Waals surface area contributed by atoms with Crippen LogP contribution in [0.15, 0.2) is 41.4 Å². The lowest BCUT2D eigenvalue weighted by atomic mass is 10.1. The Morgan fingerprint density at radius 2 is 2.03 bits per heavy atom. The number of nitrogens with zero attached hydrogens (tertiary/aromatic N) is 2. The molecule has 2 aromatic rings. The minimum Gasteiger partial charge on any atom is -0.495 e. The average molecular weight is 432 g/mol. The maximum atomic E-state index is 12.6. The number of rotatable bonds is 5. The normalized spacial score (nSPS) is 17.7. The monoisotopic (exact) mass is 431 g/mol. The van der Waals surface area contributed by atoms with Crippen molar-refractivity contribution >= 4 is 51.7 Å². The highest BCUT2D eigenvalue weighted by molar-refractivity contribution is 8.15. The molecule has 1 N–H and O–H groups in total. The van der Waals surface area contributed by atoms with Crippen LogP contribution in [0.1, 0.15) is 17.5 Å². The van der Waals surface area contributed by atoms with Crippen molar-refractivity contribution in [2.75, 3.05) is 19.5 Å². The predicted octanol–water partition coefficient (Wildman–Crippen LogP) is 4.56. The molecule has 0 unspecified atom stereocenters. The molecule has 0 saturated carbocycles. The van der Waals surface area contributed by atoms with E-state index < -0.39 is 5.25 Å². The van der Waals surface area contributed by atoms with Gasteiger partial charge in [0.2, 0.25) is 11.8 Å². The average Bonchev–Trinajstić information content (AvgIpc) is 2.92. The summed E-state index contributed by atoms with van der Waals surface area (Å²) < 4.78 is 5.24. The number of nitrogens with one attached hydrogen (secondary N) is 1. The quantitative estimate of drug-likeness (QED) is 0.753. The van der Waals surface area contributed by atoms with Crippen LogP contribution in [0.5, 0.6) is 5.75 Å². The summed E-state index contributed by atoms with van der Waals surface area (Å²) in [6.07, 6.45) is 0.0231. The van der Waals surface area contributed by atoms with Gasteiger partial charge in [-0.05, 0) is 49.2 Å². The zero-order chi connectivity index (χ0) is 21.1. The van der Waals surface area contributed by atoms with Gasteiger partial charge in [0.05, 0.1) is 18.5 Å². The SMILES string of the molecule is COc1ccc(Cl)cc1NC(=O)C[C@H]1SC(=Nc2cc(C)ccc2C)N(C)C1=O. The lowest BCUT2D eigenvalue weighted by molar-refractivity contribution is -0.127. The number of aliphatic imine (C=N–C) groups is 1. The maximum Gasteiger partial charge on any atom is 0.242 e. The Morgan fingerprint density at radius 3 is 2.76 bits per heavy atom. The van der Waals surface area contributed by atoms with E-state index >= 15 is 0 Å². The third-order valence-corrected chi connectivity index (χ3v) is 5.99. The number of aryl methyl sites for hydroxylation is 2. The van der Waals surface area contributed by atoms with Crippen molar-refractivity contribution in [1.82, 2.24) is 4.90 Å². The molecule has 1 heterocycles. The Balaban J connectivity index is 1.73. The minimum absolute atomic E-state index is 0.0231. The summed E-state index contributed by atoms with van der Waals surface area (Å²) in [7, 11) is 3.19. The molecular formula is C21H22ClN3O3S. The number of methoxy groups -OCH3 is 1. The van der Waals surface area contributed by atoms with Gasteiger partial charge in [-0.1, -0.05) is 35.5 Å². The lowest BCUT2D eigenvalue weighted by Crippen LogP contribution is -2.30. The molecule has 1 saturated heterocycles. The molecule has 0 radical (unpaired) electrons. The number of ether oxygens (including phenoxy) is 1. The van der Waals surface area contributed by atoms with E-state index in [-0.39, 0.29) is 18.2 Å². The second kappa shape index (κ2) is 8.88. The van der Waals surface area contributed by atoms with Crippen molar-refractivity contribution in [1.29, 1.82) is 0 Å². The molecule has 152 valence electrons. The topological polar surface area (TPSA) is 71.0 Å². The van der Waals surface area contributed by atoms with E-state index in [0.717, 1.165) is 16.8 Å². The number of hydrogen-bond acceptors (Lipinski definition) is 5. The van der Waals surface area contributed by atoms with Crippen molar-refractivity contribution in [3.05, 3.63) is 52.5 Å². The molecular weight excluding hydrogens is 410 g/mol. The third kappa shape index (κ3) is 4.92. The molecule has 8 heteroatoms. The van der Waals surface area contributed by atoms with Gasteiger partial charge in [0, 0.05) is 18.5 Å². The molecule has 0 aliphatic carbocycles. The Morgan fingerprint density at radius 1 is 1.28 bits per heavy atom. The molecule has 3 rings (SSSR count). The van der Waals surface area contributed by atoms with Crippen molar-refractivity contribution in [2.24, 2.45) is 4.99 Å². The zero-order valence-electron chi connectivity index (χ0n) is 16.7. The molecule has 6 nitrogen and oxygen atoms in total. The van der Waals surface area contributed by atoms with Gasteiger partial charge >= 0.3 is 0 Å². The van der Waals surface area contributed by atoms with Gasteiger partial charge in [-0.25, -0.2) is 4.99 Å². The zero-order valence-corrected chi connectivity index (χ0v) is 18.2. The van der Waals surface area contributed by atoms with E-state index in [9.17, 15) is 9.59 Å². The second-order valence-corrected chi connectivity index (χ2v) is 8.39. The van der Waals surface area contributed by atoms with Gasteiger partial charge in [-0.3, -0.25) is 14.5 Å². The first-order chi connectivity index (χ1) is 13.8. The van der Waals surface area contributed by atoms with Crippen LogP contribution >= 0.6 is 23.4 Å². The highest BCUT2D eigenvalue weighted by atomic mass is 35.5. The number of amidine groups is 1. The van der Waals surface area contributed by atoms with Gasteiger partial charge in [0.15, 0.2) is 5.17 Å². The Kier molecular flexibility index (Phi) is 6.49. The summed E-state index contributed by atoms with van der Waals surface area (Å²) in [5.74, 6) is 0.0625. The van der Waals surface area contributed by atoms with Crippen LogP contribution in [-0.2, 0) is 9.59 Å². The van der Waals surface area contributed by atoms with Crippen LogP contribution in [0.3, 0.4) is 0 Å². The van der Waals surface area contributed by atoms with E-state index in [1.807, 2.05) is 32.0 Å². The summed E-state index contributed by atoms with van der Waals surface area (Å²) >= 11 is 7.30. The Hall–Kier alpha value is -2.51. The van der Waals surface area contributed by atoms with Crippen molar-refractivity contribution in [2.45, 2.75) is 25.5 Å². The van der Waals surface area contributed by atoms with Crippen LogP contribution in [0.4, 0.5) is 11.4 Å². The molecule has 2 amide bonds. The first kappa shape index (κ1) is 21.2. The van der Waals surface area contributed by atoms with Gasteiger partial charge < -0.3 is 10.1 Å². The fourth-order valence-corrected chi connectivity index (χ4v) is 4.21. The standard InChI is InChI=1S/C21H22ClN3O3S/c1-12-5-6-13(2)15(9-12)24-21-25(3)20(27)18(29-21)11-19(26)23-16-10-14(22)7-8-17(16)28-4/h5-10,18H,11H2,1-4H3,(H,23,26)/t18-/m1/s1. The van der Waals surface area contributed by atoms with E-state index in [1.165, 1.54) is 23.8 Å². The van der Waals surface area contributed by atoms with Crippen LogP contribution in [0.25, 0.3) is 0 Å². The number of thioether (sulfide) groups is 1. The number of halogens is 1. The molecule has 2 aromatic carbocycles. The van der Waals surface area contributed by atoms with Gasteiger partial charge in [-0.15, -0.1) is 0 Å². The number of benzene rings is 2. The van der Waals surface area contributed by atoms with E-state index in [1.54, 1.807) is 25.2 Å². The van der Waals surface area contributed by atoms with Gasteiger partial charge in [-0.2, -0.15) is 0 Å². The van der Waals surface area contributed by atoms with Crippen molar-refractivity contribution in [3.63, 3.8) is 0 Å². The molecule has 0 bridgehead atoms. The van der Waals surface area contributed by atoms with Crippen LogP contribution in [0, 0.1) is 13.8 Å². The molecule has 0 aromatic heterocycles. The predicted molar refractivity (Wildman–Crippen MR) is 118 cm³/mol. The van der Waals surface area contributed by atoms with Crippen LogP contribution in [0.2, 0.25) is 5.02 Å². The first-order valence-electron chi connectivity index (χ1n) is 9.02. The van der Waals surface area contributed by atoms with Crippen LogP contribution < -0.4 is 10.1 Å². The maximum absolute atomic E-state index is 12.6. The van der Waals surface area contributed by atoms with E-state index in [0.29, 0.717) is 21.6 Å². The molecule has 0 spiro atoms. The van der Waals surface area contributed by atoms with E-state index in [4.69, 9.17) is 16.3 Å². The fourth-order valence-electron chi connectivity index (χ4n) is 2.89. The fraction of sp³-hybridized carbons (Fsp3) is 0.286. The third-order valence-electron chi connectivity index (χ3n) is 4.53. The molecule has 29 heavy (non-hydrogen) atoms. The van der Waals surface area contributed by atoms with Crippen molar-refractivity contribution < 1.29 is 14.3 Å². The lowest BCUT2D eigenvalue weighted by Gasteiger charge is -2.12. The van der Waals surface area contributed by atoms with Gasteiger partial charge in [0.1, 0.15) is 11.0 Å². The highest BCUT2D eigenvalue weighted by Gasteiger charge is 2.37. The second-order valence-electron chi connectivity index (χ2n) is 6.78. The largest absolute Gasteiger partial charge is 0.495 e. The first-order valence-corrected chi connectivity index (χ1v) is 10.3. The smallest absolute Gasteiger partial charge is 0.242 e. The number of amides is 2. The number of hydrogen-bond donors (Lipinski definition) is 1. The molecule has 1 atom stereocenters. The summed E-state index contributed by atoms with van der Waals surface area (Å²) in [4.78, 5) is 31.3. The minimum atomic E-state index is -0.533. The summed E-state index contributed by atoms with van der Waals surface area (Å²) in [6.45, 7) is 3.97. The number of carbonyl (C=O) groups excluding carboxylic acids is 2. The Bertz CT molecular complexity index is 993. The summed E-state index contributed by atoms with van der Waals surface area (Å²) in [5, 5.41) is 3.31. The molecule has 1 aliphatic rings. The Labute approximate surface area is 179 Å². The summed E-state index contributed by atoms with van der Waals surface area (Å²) in [5.41, 5.74) is 3.41. The van der Waals surface area contributed by atoms with Gasteiger partial charge in [0.25, 0.3) is 0 Å². The van der Waals surface area contributed by atoms with Crippen molar-refractivity contribution in [3.8, 4) is 5.75 Å². The molecule has 1 fully saturated rings. The number of anilines is 1. The highest BCUT2D eigenvalue weighted by Crippen LogP contribution is 2.33. The van der Waals surface area contributed by atoms with E-state index in [2.05, 4.69) is 10.3 Å².